The lowest BCUT2D eigenvalue weighted by Gasteiger charge is -2.04. The fraction of sp³-hybridized carbons (Fsp3) is 0.222. The van der Waals surface area contributed by atoms with Crippen molar-refractivity contribution < 1.29 is 9.18 Å². The zero-order valence-electron chi connectivity index (χ0n) is 7.19. The smallest absolute Gasteiger partial charge is 0.252 e. The van der Waals surface area contributed by atoms with Crippen LogP contribution in [0.3, 0.4) is 0 Å². The maximum atomic E-state index is 12.6. The molecule has 0 fully saturated rings. The van der Waals surface area contributed by atoms with Gasteiger partial charge in [0.2, 0.25) is 0 Å². The number of halogens is 3. The van der Waals surface area contributed by atoms with Crippen LogP contribution >= 0.6 is 27.5 Å². The fourth-order valence-corrected chi connectivity index (χ4v) is 1.38. The van der Waals surface area contributed by atoms with E-state index in [1.807, 2.05) is 0 Å². The summed E-state index contributed by atoms with van der Waals surface area (Å²) in [5.41, 5.74) is 0.286. The van der Waals surface area contributed by atoms with Gasteiger partial charge in [0.25, 0.3) is 5.91 Å². The van der Waals surface area contributed by atoms with Crippen molar-refractivity contribution in [2.45, 2.75) is 0 Å². The molecule has 1 amide bonds. The van der Waals surface area contributed by atoms with Crippen LogP contribution in [0.5, 0.6) is 0 Å². The van der Waals surface area contributed by atoms with Crippen molar-refractivity contribution in [3.63, 3.8) is 0 Å². The Morgan fingerprint density at radius 2 is 2.29 bits per heavy atom. The van der Waals surface area contributed by atoms with Gasteiger partial charge >= 0.3 is 0 Å². The van der Waals surface area contributed by atoms with Gasteiger partial charge in [0.15, 0.2) is 0 Å². The molecular weight excluding hydrogens is 272 g/mol. The first-order valence-corrected chi connectivity index (χ1v) is 5.44. The summed E-state index contributed by atoms with van der Waals surface area (Å²) in [4.78, 5) is 11.4. The van der Waals surface area contributed by atoms with Gasteiger partial charge in [0.05, 0.1) is 10.6 Å². The first-order valence-electron chi connectivity index (χ1n) is 3.94. The molecule has 0 aliphatic rings. The van der Waals surface area contributed by atoms with Crippen LogP contribution in [0.1, 0.15) is 10.4 Å². The first-order chi connectivity index (χ1) is 6.65. The standard InChI is InChI=1S/C9H8BrClFNO/c10-3-4-13-9(14)7-2-1-6(12)5-8(7)11/h1-2,5H,3-4H2,(H,13,14). The van der Waals surface area contributed by atoms with Gasteiger partial charge < -0.3 is 5.32 Å². The summed E-state index contributed by atoms with van der Waals surface area (Å²) in [6.45, 7) is 0.506. The molecule has 1 aromatic rings. The minimum Gasteiger partial charge on any atom is -0.351 e. The second-order valence-electron chi connectivity index (χ2n) is 2.57. The Morgan fingerprint density at radius 1 is 1.57 bits per heavy atom. The van der Waals surface area contributed by atoms with Crippen molar-refractivity contribution in [2.24, 2.45) is 0 Å². The van der Waals surface area contributed by atoms with Crippen LogP contribution in [0.25, 0.3) is 0 Å². The Labute approximate surface area is 94.6 Å². The summed E-state index contributed by atoms with van der Waals surface area (Å²) in [5.74, 6) is -0.749. The number of nitrogens with one attached hydrogen (secondary N) is 1. The molecule has 0 spiro atoms. The van der Waals surface area contributed by atoms with Crippen LogP contribution in [-0.4, -0.2) is 17.8 Å². The van der Waals surface area contributed by atoms with Crippen molar-refractivity contribution in [3.05, 3.63) is 34.6 Å². The van der Waals surface area contributed by atoms with Gasteiger partial charge in [0, 0.05) is 11.9 Å². The van der Waals surface area contributed by atoms with E-state index in [2.05, 4.69) is 21.2 Å². The van der Waals surface area contributed by atoms with Crippen LogP contribution in [0.2, 0.25) is 5.02 Å². The molecule has 0 unspecified atom stereocenters. The number of carbonyl (C=O) groups excluding carboxylic acids is 1. The third-order valence-corrected chi connectivity index (χ3v) is 2.27. The van der Waals surface area contributed by atoms with Gasteiger partial charge in [-0.1, -0.05) is 27.5 Å². The Balaban J connectivity index is 2.80. The third-order valence-electron chi connectivity index (χ3n) is 1.56. The van der Waals surface area contributed by atoms with Gasteiger partial charge in [0.1, 0.15) is 5.82 Å². The topological polar surface area (TPSA) is 29.1 Å². The van der Waals surface area contributed by atoms with E-state index in [-0.39, 0.29) is 16.5 Å². The Morgan fingerprint density at radius 3 is 2.86 bits per heavy atom. The minimum atomic E-state index is -0.452. The van der Waals surface area contributed by atoms with Crippen LogP contribution in [-0.2, 0) is 0 Å². The largest absolute Gasteiger partial charge is 0.351 e. The van der Waals surface area contributed by atoms with E-state index in [1.54, 1.807) is 0 Å². The molecule has 5 heteroatoms. The maximum absolute atomic E-state index is 12.6. The highest BCUT2D eigenvalue weighted by Gasteiger charge is 2.09. The lowest BCUT2D eigenvalue weighted by atomic mass is 10.2. The molecular formula is C9H8BrClFNO. The molecule has 0 saturated carbocycles. The quantitative estimate of drug-likeness (QED) is 0.847. The SMILES string of the molecule is O=C(NCCBr)c1ccc(F)cc1Cl. The Hall–Kier alpha value is -0.610. The summed E-state index contributed by atoms with van der Waals surface area (Å²) >= 11 is 8.86. The zero-order chi connectivity index (χ0) is 10.6. The molecule has 0 atom stereocenters. The van der Waals surface area contributed by atoms with Crippen molar-refractivity contribution in [3.8, 4) is 0 Å². The average Bonchev–Trinajstić information content (AvgIpc) is 2.14. The monoisotopic (exact) mass is 279 g/mol. The summed E-state index contributed by atoms with van der Waals surface area (Å²) in [6.07, 6.45) is 0. The van der Waals surface area contributed by atoms with Crippen molar-refractivity contribution >= 4 is 33.4 Å². The molecule has 14 heavy (non-hydrogen) atoms. The highest BCUT2D eigenvalue weighted by atomic mass is 79.9. The molecule has 0 radical (unpaired) electrons. The Kier molecular flexibility index (Phi) is 4.35. The molecule has 1 rings (SSSR count). The molecule has 0 heterocycles. The van der Waals surface area contributed by atoms with Gasteiger partial charge in [-0.2, -0.15) is 0 Å². The zero-order valence-corrected chi connectivity index (χ0v) is 9.53. The number of hydrogen-bond donors (Lipinski definition) is 1. The van der Waals surface area contributed by atoms with E-state index >= 15 is 0 Å². The van der Waals surface area contributed by atoms with Crippen molar-refractivity contribution in [1.82, 2.24) is 5.32 Å². The highest BCUT2D eigenvalue weighted by molar-refractivity contribution is 9.09. The number of amides is 1. The Bertz CT molecular complexity index is 346. The van der Waals surface area contributed by atoms with E-state index in [0.717, 1.165) is 6.07 Å². The number of hydrogen-bond acceptors (Lipinski definition) is 1. The summed E-state index contributed by atoms with van der Waals surface area (Å²) in [6, 6.07) is 3.68. The van der Waals surface area contributed by atoms with Crippen LogP contribution in [0.15, 0.2) is 18.2 Å². The number of alkyl halides is 1. The van der Waals surface area contributed by atoms with Gasteiger partial charge in [-0.15, -0.1) is 0 Å². The van der Waals surface area contributed by atoms with Gasteiger partial charge in [-0.05, 0) is 18.2 Å². The second kappa shape index (κ2) is 5.32. The normalized spacial score (nSPS) is 9.93. The summed E-state index contributed by atoms with van der Waals surface area (Å²) in [7, 11) is 0. The van der Waals surface area contributed by atoms with Crippen molar-refractivity contribution in [1.29, 1.82) is 0 Å². The van der Waals surface area contributed by atoms with E-state index < -0.39 is 5.82 Å². The van der Waals surface area contributed by atoms with Gasteiger partial charge in [-0.3, -0.25) is 4.79 Å². The van der Waals surface area contributed by atoms with E-state index in [0.29, 0.717) is 11.9 Å². The molecule has 0 aromatic heterocycles. The molecule has 1 aromatic carbocycles. The highest BCUT2D eigenvalue weighted by Crippen LogP contribution is 2.16. The minimum absolute atomic E-state index is 0.122. The number of carbonyl (C=O) groups is 1. The molecule has 1 N–H and O–H groups in total. The summed E-state index contributed by atoms with van der Waals surface area (Å²) < 4.78 is 12.6. The summed E-state index contributed by atoms with van der Waals surface area (Å²) in [5, 5.41) is 3.40. The van der Waals surface area contributed by atoms with Crippen LogP contribution in [0, 0.1) is 5.82 Å². The maximum Gasteiger partial charge on any atom is 0.252 e. The number of benzene rings is 1. The van der Waals surface area contributed by atoms with Crippen LogP contribution < -0.4 is 5.32 Å². The molecule has 0 aliphatic carbocycles. The van der Waals surface area contributed by atoms with Crippen LogP contribution in [0.4, 0.5) is 4.39 Å². The lowest BCUT2D eigenvalue weighted by molar-refractivity contribution is 0.0956. The predicted octanol–water partition coefficient (Wildman–Crippen LogP) is 2.60. The number of rotatable bonds is 3. The average molecular weight is 281 g/mol. The molecule has 0 bridgehead atoms. The fourth-order valence-electron chi connectivity index (χ4n) is 0.930. The second-order valence-corrected chi connectivity index (χ2v) is 3.77. The van der Waals surface area contributed by atoms with E-state index in [9.17, 15) is 9.18 Å². The van der Waals surface area contributed by atoms with Crippen molar-refractivity contribution in [2.75, 3.05) is 11.9 Å². The molecule has 0 aliphatic heterocycles. The van der Waals surface area contributed by atoms with E-state index in [1.165, 1.54) is 12.1 Å². The molecule has 0 saturated heterocycles. The lowest BCUT2D eigenvalue weighted by Crippen LogP contribution is -2.25. The molecule has 2 nitrogen and oxygen atoms in total. The first kappa shape index (κ1) is 11.5. The van der Waals surface area contributed by atoms with Gasteiger partial charge in [-0.25, -0.2) is 4.39 Å². The molecule has 76 valence electrons. The third kappa shape index (κ3) is 2.96. The predicted molar refractivity (Wildman–Crippen MR) is 57.5 cm³/mol. The van der Waals surface area contributed by atoms with E-state index in [4.69, 9.17) is 11.6 Å².